The van der Waals surface area contributed by atoms with Crippen molar-refractivity contribution in [3.05, 3.63) is 107 Å². The van der Waals surface area contributed by atoms with Crippen molar-refractivity contribution in [3.8, 4) is 0 Å². The van der Waals surface area contributed by atoms with E-state index in [9.17, 15) is 19.8 Å². The Morgan fingerprint density at radius 1 is 0.647 bits per heavy atom. The molecule has 34 heavy (non-hydrogen) atoms. The van der Waals surface area contributed by atoms with E-state index in [-0.39, 0.29) is 33.9 Å². The molecule has 174 valence electrons. The van der Waals surface area contributed by atoms with Gasteiger partial charge in [-0.25, -0.2) is 21.3 Å². The molecule has 0 radical (unpaired) electrons. The van der Waals surface area contributed by atoms with Gasteiger partial charge in [0.1, 0.15) is 0 Å². The van der Waals surface area contributed by atoms with Crippen LogP contribution in [0.5, 0.6) is 0 Å². The SMILES string of the molecule is N/C(=C\N(N)c1ccccc1C(=O)O)c1cccc(/C(N)=C/N(N)c2ccccc2C(=O)O)c1. The molecule has 0 aliphatic carbocycles. The molecule has 0 amide bonds. The monoisotopic (exact) mass is 460 g/mol. The van der Waals surface area contributed by atoms with Crippen molar-refractivity contribution in [2.24, 2.45) is 23.2 Å². The van der Waals surface area contributed by atoms with Crippen LogP contribution < -0.4 is 33.2 Å². The van der Waals surface area contributed by atoms with E-state index in [1.165, 1.54) is 24.5 Å². The first-order chi connectivity index (χ1) is 16.2. The number of rotatable bonds is 8. The van der Waals surface area contributed by atoms with Crippen molar-refractivity contribution in [1.29, 1.82) is 0 Å². The molecule has 0 fully saturated rings. The standard InChI is InChI=1S/C24H24N6O4/c25-19(13-29(27)21-10-3-1-8-17(21)23(31)32)15-6-5-7-16(12-15)20(26)14-30(28)22-11-4-2-9-18(22)24(33)34/h1-14H,25-28H2,(H,31,32)(H,33,34)/b19-13-,20-14-. The first-order valence-electron chi connectivity index (χ1n) is 9.97. The van der Waals surface area contributed by atoms with Crippen molar-refractivity contribution in [2.75, 3.05) is 10.0 Å². The smallest absolute Gasteiger partial charge is 0.337 e. The number of para-hydroxylation sites is 2. The molecule has 0 heterocycles. The van der Waals surface area contributed by atoms with Crippen LogP contribution in [-0.4, -0.2) is 22.2 Å². The zero-order valence-corrected chi connectivity index (χ0v) is 18.0. The number of hydrazine groups is 2. The van der Waals surface area contributed by atoms with Gasteiger partial charge < -0.3 is 21.7 Å². The van der Waals surface area contributed by atoms with Crippen LogP contribution in [0.15, 0.2) is 85.2 Å². The van der Waals surface area contributed by atoms with Crippen molar-refractivity contribution < 1.29 is 19.8 Å². The number of hydrogen-bond donors (Lipinski definition) is 6. The molecule has 3 aromatic rings. The summed E-state index contributed by atoms with van der Waals surface area (Å²) >= 11 is 0. The summed E-state index contributed by atoms with van der Waals surface area (Å²) in [5, 5.41) is 21.0. The van der Waals surface area contributed by atoms with Gasteiger partial charge in [0.05, 0.1) is 33.9 Å². The van der Waals surface area contributed by atoms with Gasteiger partial charge in [0.2, 0.25) is 0 Å². The van der Waals surface area contributed by atoms with Gasteiger partial charge in [-0.2, -0.15) is 0 Å². The van der Waals surface area contributed by atoms with Gasteiger partial charge in [0.15, 0.2) is 0 Å². The van der Waals surface area contributed by atoms with E-state index >= 15 is 0 Å². The predicted octanol–water partition coefficient (Wildman–Crippen LogP) is 2.36. The average molecular weight is 460 g/mol. The van der Waals surface area contributed by atoms with Crippen molar-refractivity contribution >= 4 is 34.7 Å². The lowest BCUT2D eigenvalue weighted by atomic mass is 10.1. The summed E-state index contributed by atoms with van der Waals surface area (Å²) in [7, 11) is 0. The lowest BCUT2D eigenvalue weighted by Crippen LogP contribution is -2.27. The van der Waals surface area contributed by atoms with E-state index in [0.717, 1.165) is 10.0 Å². The Hall–Kier alpha value is -4.80. The quantitative estimate of drug-likeness (QED) is 0.215. The highest BCUT2D eigenvalue weighted by molar-refractivity contribution is 5.95. The predicted molar refractivity (Wildman–Crippen MR) is 131 cm³/mol. The minimum absolute atomic E-state index is 0.0275. The number of nitrogens with zero attached hydrogens (tertiary/aromatic N) is 2. The maximum absolute atomic E-state index is 11.4. The number of carbonyl (C=O) groups is 2. The van der Waals surface area contributed by atoms with Crippen LogP contribution >= 0.6 is 0 Å². The molecule has 10 nitrogen and oxygen atoms in total. The molecular weight excluding hydrogens is 436 g/mol. The van der Waals surface area contributed by atoms with Crippen molar-refractivity contribution in [2.45, 2.75) is 0 Å². The molecule has 0 aliphatic rings. The van der Waals surface area contributed by atoms with Crippen molar-refractivity contribution in [3.63, 3.8) is 0 Å². The second-order valence-electron chi connectivity index (χ2n) is 7.21. The van der Waals surface area contributed by atoms with Crippen molar-refractivity contribution in [1.82, 2.24) is 0 Å². The lowest BCUT2D eigenvalue weighted by molar-refractivity contribution is 0.0686. The number of carboxylic acids is 2. The fraction of sp³-hybridized carbons (Fsp3) is 0. The molecule has 0 bridgehead atoms. The second-order valence-corrected chi connectivity index (χ2v) is 7.21. The van der Waals surface area contributed by atoms with E-state index in [1.807, 2.05) is 0 Å². The number of nitrogens with two attached hydrogens (primary N) is 4. The normalized spacial score (nSPS) is 11.7. The lowest BCUT2D eigenvalue weighted by Gasteiger charge is -2.18. The summed E-state index contributed by atoms with van der Waals surface area (Å²) in [5.41, 5.74) is 14.7. The van der Waals surface area contributed by atoms with Gasteiger partial charge >= 0.3 is 11.9 Å². The highest BCUT2D eigenvalue weighted by atomic mass is 16.4. The summed E-state index contributed by atoms with van der Waals surface area (Å²) in [6, 6.07) is 19.4. The molecule has 3 aromatic carbocycles. The number of anilines is 2. The second kappa shape index (κ2) is 10.2. The summed E-state index contributed by atoms with van der Waals surface area (Å²) < 4.78 is 0. The average Bonchev–Trinajstić information content (AvgIpc) is 2.83. The van der Waals surface area contributed by atoms with E-state index < -0.39 is 11.9 Å². The van der Waals surface area contributed by atoms with Gasteiger partial charge in [-0.1, -0.05) is 42.5 Å². The highest BCUT2D eigenvalue weighted by Gasteiger charge is 2.14. The van der Waals surface area contributed by atoms with Gasteiger partial charge in [-0.05, 0) is 41.5 Å². The number of carboxylic acid groups (broad SMARTS) is 2. The fourth-order valence-corrected chi connectivity index (χ4v) is 3.23. The molecule has 0 aliphatic heterocycles. The number of benzene rings is 3. The third-order valence-corrected chi connectivity index (χ3v) is 4.91. The van der Waals surface area contributed by atoms with Gasteiger partial charge in [-0.15, -0.1) is 0 Å². The Kier molecular flexibility index (Phi) is 7.16. The maximum atomic E-state index is 11.4. The summed E-state index contributed by atoms with van der Waals surface area (Å²) in [6.45, 7) is 0. The molecule has 10 heteroatoms. The van der Waals surface area contributed by atoms with E-state index in [4.69, 9.17) is 23.2 Å². The van der Waals surface area contributed by atoms with Crippen LogP contribution in [0.3, 0.4) is 0 Å². The first-order valence-corrected chi connectivity index (χ1v) is 9.97. The zero-order chi connectivity index (χ0) is 24.8. The van der Waals surface area contributed by atoms with E-state index in [1.54, 1.807) is 60.7 Å². The Bertz CT molecular complexity index is 1190. The molecule has 0 saturated carbocycles. The Morgan fingerprint density at radius 2 is 1.03 bits per heavy atom. The van der Waals surface area contributed by atoms with E-state index in [2.05, 4.69) is 0 Å². The third-order valence-electron chi connectivity index (χ3n) is 4.91. The Morgan fingerprint density at radius 3 is 1.41 bits per heavy atom. The minimum atomic E-state index is -1.12. The summed E-state index contributed by atoms with van der Waals surface area (Å²) in [6.07, 6.45) is 2.80. The van der Waals surface area contributed by atoms with Crippen LogP contribution in [0.1, 0.15) is 31.8 Å². The van der Waals surface area contributed by atoms with Crippen LogP contribution in [0.2, 0.25) is 0 Å². The molecule has 0 atom stereocenters. The van der Waals surface area contributed by atoms with Crippen LogP contribution in [0.25, 0.3) is 11.4 Å². The first kappa shape index (κ1) is 23.9. The van der Waals surface area contributed by atoms with Gasteiger partial charge in [0.25, 0.3) is 0 Å². The number of aromatic carboxylic acids is 2. The van der Waals surface area contributed by atoms with E-state index in [0.29, 0.717) is 11.1 Å². The van der Waals surface area contributed by atoms with Gasteiger partial charge in [-0.3, -0.25) is 10.0 Å². The maximum Gasteiger partial charge on any atom is 0.337 e. The molecule has 3 rings (SSSR count). The molecule has 0 spiro atoms. The Labute approximate surface area is 195 Å². The Balaban J connectivity index is 1.88. The largest absolute Gasteiger partial charge is 0.478 e. The molecule has 10 N–H and O–H groups in total. The van der Waals surface area contributed by atoms with Gasteiger partial charge in [0, 0.05) is 12.4 Å². The van der Waals surface area contributed by atoms with Crippen LogP contribution in [0.4, 0.5) is 11.4 Å². The minimum Gasteiger partial charge on any atom is -0.478 e. The number of hydrogen-bond acceptors (Lipinski definition) is 8. The topological polar surface area (TPSA) is 185 Å². The highest BCUT2D eigenvalue weighted by Crippen LogP contribution is 2.23. The molecule has 0 unspecified atom stereocenters. The third kappa shape index (κ3) is 5.33. The summed E-state index contributed by atoms with van der Waals surface area (Å²) in [4.78, 5) is 22.9. The van der Waals surface area contributed by atoms with Crippen LogP contribution in [0, 0.1) is 0 Å². The molecule has 0 saturated heterocycles. The zero-order valence-electron chi connectivity index (χ0n) is 18.0. The summed E-state index contributed by atoms with van der Waals surface area (Å²) in [5.74, 6) is 9.86. The molecular formula is C24H24N6O4. The van der Waals surface area contributed by atoms with Crippen LogP contribution in [-0.2, 0) is 0 Å². The molecule has 0 aromatic heterocycles. The fourth-order valence-electron chi connectivity index (χ4n) is 3.23.